The number of anilines is 3. The van der Waals surface area contributed by atoms with Crippen molar-refractivity contribution >= 4 is 23.4 Å². The average molecular weight is 415 g/mol. The fraction of sp³-hybridized carbons (Fsp3) is 0.476. The van der Waals surface area contributed by atoms with Gasteiger partial charge < -0.3 is 14.7 Å². The first-order chi connectivity index (χ1) is 14.3. The number of halogens is 2. The van der Waals surface area contributed by atoms with Gasteiger partial charge in [-0.3, -0.25) is 14.6 Å². The van der Waals surface area contributed by atoms with Gasteiger partial charge in [-0.1, -0.05) is 0 Å². The number of hydrogen-bond donors (Lipinski definition) is 1. The Bertz CT molecular complexity index is 1110. The van der Waals surface area contributed by atoms with Crippen molar-refractivity contribution in [1.29, 1.82) is 0 Å². The molecule has 0 radical (unpaired) electrons. The van der Waals surface area contributed by atoms with E-state index >= 15 is 0 Å². The zero-order chi connectivity index (χ0) is 21.2. The second-order valence-corrected chi connectivity index (χ2v) is 8.43. The van der Waals surface area contributed by atoms with Crippen LogP contribution in [0.15, 0.2) is 16.9 Å². The van der Waals surface area contributed by atoms with Crippen molar-refractivity contribution in [3.05, 3.63) is 45.2 Å². The van der Waals surface area contributed by atoms with Crippen molar-refractivity contribution < 1.29 is 13.6 Å². The van der Waals surface area contributed by atoms with E-state index in [0.29, 0.717) is 55.4 Å². The zero-order valence-electron chi connectivity index (χ0n) is 17.0. The lowest BCUT2D eigenvalue weighted by Gasteiger charge is -2.39. The summed E-state index contributed by atoms with van der Waals surface area (Å²) in [5.74, 6) is -0.420. The molecule has 1 N–H and O–H groups in total. The smallest absolute Gasteiger partial charge is 0.257 e. The van der Waals surface area contributed by atoms with Crippen LogP contribution in [0, 0.1) is 11.6 Å². The van der Waals surface area contributed by atoms with E-state index in [1.807, 2.05) is 16.8 Å². The number of nitrogens with zero attached hydrogens (tertiary/aromatic N) is 4. The normalized spacial score (nSPS) is 20.0. The SMILES string of the molecule is CN1CCCc2c1nc(N1CCC3(CC1)C(=O)N(C)c1cc(F)cc(F)c13)[nH]c2=O. The Morgan fingerprint density at radius 3 is 2.57 bits per heavy atom. The number of aromatic amines is 1. The van der Waals surface area contributed by atoms with Crippen molar-refractivity contribution in [2.45, 2.75) is 31.1 Å². The maximum absolute atomic E-state index is 14.7. The Kier molecular flexibility index (Phi) is 4.13. The van der Waals surface area contributed by atoms with E-state index in [9.17, 15) is 18.4 Å². The Balaban J connectivity index is 1.47. The predicted octanol–water partition coefficient (Wildman–Crippen LogP) is 1.95. The average Bonchev–Trinajstić information content (AvgIpc) is 2.91. The number of carbonyl (C=O) groups is 1. The Hall–Kier alpha value is -2.97. The van der Waals surface area contributed by atoms with Gasteiger partial charge >= 0.3 is 0 Å². The van der Waals surface area contributed by atoms with Crippen molar-refractivity contribution in [1.82, 2.24) is 9.97 Å². The summed E-state index contributed by atoms with van der Waals surface area (Å²) < 4.78 is 28.5. The first-order valence-corrected chi connectivity index (χ1v) is 10.2. The molecule has 5 rings (SSSR count). The topological polar surface area (TPSA) is 72.5 Å². The van der Waals surface area contributed by atoms with Gasteiger partial charge in [-0.2, -0.15) is 4.98 Å². The molecule has 30 heavy (non-hydrogen) atoms. The van der Waals surface area contributed by atoms with Crippen LogP contribution in [-0.4, -0.2) is 49.6 Å². The minimum atomic E-state index is -1.01. The van der Waals surface area contributed by atoms with Gasteiger partial charge in [0, 0.05) is 45.4 Å². The first-order valence-electron chi connectivity index (χ1n) is 10.2. The molecule has 0 unspecified atom stereocenters. The monoisotopic (exact) mass is 415 g/mol. The van der Waals surface area contributed by atoms with Crippen molar-refractivity contribution in [3.8, 4) is 0 Å². The molecule has 158 valence electrons. The molecule has 1 fully saturated rings. The van der Waals surface area contributed by atoms with Crippen LogP contribution >= 0.6 is 0 Å². The molecule has 1 spiro atoms. The van der Waals surface area contributed by atoms with E-state index in [-0.39, 0.29) is 17.0 Å². The van der Waals surface area contributed by atoms with Crippen LogP contribution in [0.4, 0.5) is 26.2 Å². The van der Waals surface area contributed by atoms with Gasteiger partial charge in [0.2, 0.25) is 11.9 Å². The van der Waals surface area contributed by atoms with E-state index in [1.165, 1.54) is 11.0 Å². The summed E-state index contributed by atoms with van der Waals surface area (Å²) in [6.07, 6.45) is 2.35. The van der Waals surface area contributed by atoms with Crippen LogP contribution in [0.25, 0.3) is 0 Å². The standard InChI is InChI=1S/C21H23F2N5O2/c1-26-7-3-4-13-17(26)24-20(25-18(13)29)28-8-5-21(6-9-28)16-14(23)10-12(22)11-15(16)27(2)19(21)30/h10-11H,3-9H2,1-2H3,(H,24,25,29). The largest absolute Gasteiger partial charge is 0.359 e. The van der Waals surface area contributed by atoms with Crippen molar-refractivity contribution in [3.63, 3.8) is 0 Å². The summed E-state index contributed by atoms with van der Waals surface area (Å²) in [5.41, 5.74) is 0.136. The number of H-pyrrole nitrogens is 1. The summed E-state index contributed by atoms with van der Waals surface area (Å²) >= 11 is 0. The van der Waals surface area contributed by atoms with Gasteiger partial charge in [0.15, 0.2) is 0 Å². The van der Waals surface area contributed by atoms with Crippen LogP contribution in [0.3, 0.4) is 0 Å². The highest BCUT2D eigenvalue weighted by atomic mass is 19.1. The van der Waals surface area contributed by atoms with E-state index in [4.69, 9.17) is 0 Å². The Morgan fingerprint density at radius 1 is 1.10 bits per heavy atom. The molecule has 3 aliphatic rings. The number of benzene rings is 1. The molecule has 0 bridgehead atoms. The Labute approximate surface area is 172 Å². The van der Waals surface area contributed by atoms with Gasteiger partial charge in [0.1, 0.15) is 17.5 Å². The highest BCUT2D eigenvalue weighted by Gasteiger charge is 2.53. The predicted molar refractivity (Wildman–Crippen MR) is 109 cm³/mol. The molecule has 9 heteroatoms. The van der Waals surface area contributed by atoms with E-state index in [1.54, 1.807) is 7.05 Å². The number of fused-ring (bicyclic) bond motifs is 3. The number of nitrogens with one attached hydrogen (secondary N) is 1. The molecule has 1 aromatic heterocycles. The third-order valence-electron chi connectivity index (χ3n) is 6.77. The molecule has 4 heterocycles. The van der Waals surface area contributed by atoms with Crippen molar-refractivity contribution in [2.75, 3.05) is 48.4 Å². The molecule has 2 aromatic rings. The summed E-state index contributed by atoms with van der Waals surface area (Å²) in [6.45, 7) is 1.71. The van der Waals surface area contributed by atoms with Crippen LogP contribution in [0.1, 0.15) is 30.4 Å². The van der Waals surface area contributed by atoms with Crippen LogP contribution < -0.4 is 20.3 Å². The fourth-order valence-electron chi connectivity index (χ4n) is 5.16. The van der Waals surface area contributed by atoms with E-state index in [0.717, 1.165) is 19.0 Å². The fourth-order valence-corrected chi connectivity index (χ4v) is 5.16. The number of carbonyl (C=O) groups excluding carboxylic acids is 1. The number of hydrogen-bond acceptors (Lipinski definition) is 5. The van der Waals surface area contributed by atoms with E-state index < -0.39 is 17.0 Å². The van der Waals surface area contributed by atoms with Gasteiger partial charge in [-0.05, 0) is 31.7 Å². The molecule has 3 aliphatic heterocycles. The summed E-state index contributed by atoms with van der Waals surface area (Å²) in [6, 6.07) is 2.06. The highest BCUT2D eigenvalue weighted by Crippen LogP contribution is 2.49. The number of aromatic nitrogens is 2. The third kappa shape index (κ3) is 2.57. The summed E-state index contributed by atoms with van der Waals surface area (Å²) in [5, 5.41) is 0. The first kappa shape index (κ1) is 19.0. The molecule has 7 nitrogen and oxygen atoms in total. The summed E-state index contributed by atoms with van der Waals surface area (Å²) in [4.78, 5) is 38.5. The highest BCUT2D eigenvalue weighted by molar-refractivity contribution is 6.08. The van der Waals surface area contributed by atoms with Gasteiger partial charge in [0.05, 0.1) is 16.7 Å². The molecule has 0 atom stereocenters. The molecule has 1 saturated heterocycles. The molecular formula is C21H23F2N5O2. The molecule has 0 saturated carbocycles. The summed E-state index contributed by atoms with van der Waals surface area (Å²) in [7, 11) is 3.48. The molecule has 1 amide bonds. The Morgan fingerprint density at radius 2 is 1.83 bits per heavy atom. The zero-order valence-corrected chi connectivity index (χ0v) is 17.0. The molecule has 0 aliphatic carbocycles. The lowest BCUT2D eigenvalue weighted by Crippen LogP contribution is -2.49. The minimum Gasteiger partial charge on any atom is -0.359 e. The maximum Gasteiger partial charge on any atom is 0.257 e. The third-order valence-corrected chi connectivity index (χ3v) is 6.77. The second-order valence-electron chi connectivity index (χ2n) is 8.43. The minimum absolute atomic E-state index is 0.134. The lowest BCUT2D eigenvalue weighted by molar-refractivity contribution is -0.123. The van der Waals surface area contributed by atoms with Crippen LogP contribution in [-0.2, 0) is 16.6 Å². The van der Waals surface area contributed by atoms with Crippen LogP contribution in [0.2, 0.25) is 0 Å². The quantitative estimate of drug-likeness (QED) is 0.771. The second kappa shape index (κ2) is 6.52. The molecular weight excluding hydrogens is 392 g/mol. The van der Waals surface area contributed by atoms with Gasteiger partial charge in [-0.25, -0.2) is 8.78 Å². The number of piperidine rings is 1. The van der Waals surface area contributed by atoms with Crippen molar-refractivity contribution in [2.24, 2.45) is 0 Å². The number of likely N-dealkylation sites (N-methyl/N-ethyl adjacent to an activating group) is 1. The van der Waals surface area contributed by atoms with Crippen LogP contribution in [0.5, 0.6) is 0 Å². The molecule has 1 aromatic carbocycles. The number of rotatable bonds is 1. The van der Waals surface area contributed by atoms with E-state index in [2.05, 4.69) is 9.97 Å². The maximum atomic E-state index is 14.7. The van der Waals surface area contributed by atoms with Gasteiger partial charge in [0.25, 0.3) is 5.56 Å². The number of amides is 1. The van der Waals surface area contributed by atoms with Gasteiger partial charge in [-0.15, -0.1) is 0 Å². The lowest BCUT2D eigenvalue weighted by atomic mass is 9.73.